The molecule has 1 aliphatic heterocycles. The number of alkyl halides is 3. The number of halogens is 3. The summed E-state index contributed by atoms with van der Waals surface area (Å²) < 4.78 is 44.9. The van der Waals surface area contributed by atoms with Crippen molar-refractivity contribution in [1.29, 1.82) is 0 Å². The summed E-state index contributed by atoms with van der Waals surface area (Å²) in [5.74, 6) is -0.505. The normalized spacial score (nSPS) is 14.1. The first kappa shape index (κ1) is 20.1. The van der Waals surface area contributed by atoms with Crippen LogP contribution in [-0.2, 0) is 19.1 Å². The molecular weight excluding hydrogens is 425 g/mol. The Labute approximate surface area is 179 Å². The summed E-state index contributed by atoms with van der Waals surface area (Å²) in [5.41, 5.74) is 2.33. The number of benzene rings is 1. The van der Waals surface area contributed by atoms with Crippen LogP contribution in [0.15, 0.2) is 45.7 Å². The minimum absolute atomic E-state index is 0.141. The number of rotatable bonds is 2. The molecule has 0 fully saturated rings. The molecule has 0 atom stereocenters. The number of pyridine rings is 2. The Balaban J connectivity index is 1.49. The summed E-state index contributed by atoms with van der Waals surface area (Å²) >= 11 is 0. The van der Waals surface area contributed by atoms with Gasteiger partial charge in [0.25, 0.3) is 6.01 Å². The van der Waals surface area contributed by atoms with E-state index in [1.165, 1.54) is 6.92 Å². The minimum Gasteiger partial charge on any atom is -0.507 e. The molecule has 0 radical (unpaired) electrons. The van der Waals surface area contributed by atoms with Gasteiger partial charge in [-0.1, -0.05) is 0 Å². The number of oxazole rings is 1. The smallest absolute Gasteiger partial charge is 0.416 e. The molecule has 32 heavy (non-hydrogen) atoms. The molecule has 0 saturated carbocycles. The Morgan fingerprint density at radius 3 is 2.72 bits per heavy atom. The van der Waals surface area contributed by atoms with Gasteiger partial charge in [-0.3, -0.25) is 4.79 Å². The lowest BCUT2D eigenvalue weighted by molar-refractivity contribution is -0.137. The van der Waals surface area contributed by atoms with Crippen molar-refractivity contribution in [3.05, 3.63) is 69.1 Å². The largest absolute Gasteiger partial charge is 0.507 e. The minimum atomic E-state index is -4.56. The molecule has 4 heterocycles. The van der Waals surface area contributed by atoms with Gasteiger partial charge in [-0.25, -0.2) is 4.98 Å². The van der Waals surface area contributed by atoms with E-state index in [2.05, 4.69) is 15.0 Å². The monoisotopic (exact) mass is 442 g/mol. The highest BCUT2D eigenvalue weighted by atomic mass is 19.4. The second-order valence-corrected chi connectivity index (χ2v) is 7.72. The Morgan fingerprint density at radius 1 is 1.16 bits per heavy atom. The molecule has 5 rings (SSSR count). The number of anilines is 1. The molecule has 1 aliphatic rings. The predicted molar refractivity (Wildman–Crippen MR) is 110 cm³/mol. The van der Waals surface area contributed by atoms with Crippen molar-refractivity contribution < 1.29 is 22.7 Å². The summed E-state index contributed by atoms with van der Waals surface area (Å²) in [6.07, 6.45) is -2.21. The Kier molecular flexibility index (Phi) is 4.47. The van der Waals surface area contributed by atoms with E-state index in [0.717, 1.165) is 17.2 Å². The molecule has 2 N–H and O–H groups in total. The molecule has 4 aromatic rings. The highest BCUT2D eigenvalue weighted by Crippen LogP contribution is 2.39. The van der Waals surface area contributed by atoms with Gasteiger partial charge >= 0.3 is 6.18 Å². The van der Waals surface area contributed by atoms with E-state index in [1.54, 1.807) is 24.4 Å². The van der Waals surface area contributed by atoms with Crippen LogP contribution in [0.5, 0.6) is 5.75 Å². The van der Waals surface area contributed by atoms with Gasteiger partial charge in [-0.15, -0.1) is 0 Å². The topological polar surface area (TPSA) is 95.2 Å². The maximum Gasteiger partial charge on any atom is 0.416 e. The lowest BCUT2D eigenvalue weighted by atomic mass is 10.0. The molecule has 0 unspecified atom stereocenters. The molecule has 0 saturated heterocycles. The van der Waals surface area contributed by atoms with E-state index >= 15 is 0 Å². The number of nitrogens with one attached hydrogen (secondary N) is 1. The summed E-state index contributed by atoms with van der Waals surface area (Å²) in [7, 11) is 0. The van der Waals surface area contributed by atoms with Crippen LogP contribution in [0, 0.1) is 6.92 Å². The zero-order valence-corrected chi connectivity index (χ0v) is 16.8. The van der Waals surface area contributed by atoms with Gasteiger partial charge < -0.3 is 19.4 Å². The van der Waals surface area contributed by atoms with Gasteiger partial charge in [-0.2, -0.15) is 18.2 Å². The number of hydrogen-bond acceptors (Lipinski definition) is 6. The zero-order chi connectivity index (χ0) is 22.6. The number of aryl methyl sites for hydroxylation is 1. The number of hydrogen-bond donors (Lipinski definition) is 2. The van der Waals surface area contributed by atoms with E-state index in [-0.39, 0.29) is 22.3 Å². The van der Waals surface area contributed by atoms with Crippen molar-refractivity contribution in [3.63, 3.8) is 0 Å². The molecule has 10 heteroatoms. The van der Waals surface area contributed by atoms with Crippen LogP contribution >= 0.6 is 0 Å². The van der Waals surface area contributed by atoms with Crippen LogP contribution in [0.25, 0.3) is 22.5 Å². The number of phenols is 1. The molecule has 0 aliphatic carbocycles. The maximum absolute atomic E-state index is 13.0. The standard InChI is InChI=1S/C22H17F3N4O3/c1-11-6-14(22(23,24)25)8-16(30)19(11)15-2-3-17-20(27-15)28-21(32-17)29-5-4-12-7-18(31)26-9-13(12)10-29/h2-3,6-9,30H,4-5,10H2,1H3,(H,26,31). The molecule has 164 valence electrons. The van der Waals surface area contributed by atoms with E-state index in [4.69, 9.17) is 4.42 Å². The Hall–Kier alpha value is -3.82. The summed E-state index contributed by atoms with van der Waals surface area (Å²) in [4.78, 5) is 24.9. The fraction of sp³-hybridized carbons (Fsp3) is 0.227. The first-order valence-corrected chi connectivity index (χ1v) is 9.83. The number of aromatic nitrogens is 3. The SMILES string of the molecule is Cc1cc(C(F)(F)F)cc(O)c1-c1ccc2oc(N3CCc4cc(=O)[nH]cc4C3)nc2n1. The maximum atomic E-state index is 13.0. The van der Waals surface area contributed by atoms with E-state index in [0.29, 0.717) is 42.9 Å². The molecular formula is C22H17F3N4O3. The fourth-order valence-corrected chi connectivity index (χ4v) is 3.97. The van der Waals surface area contributed by atoms with Crippen LogP contribution < -0.4 is 10.5 Å². The summed E-state index contributed by atoms with van der Waals surface area (Å²) in [6, 6.07) is 6.81. The van der Waals surface area contributed by atoms with Crippen molar-refractivity contribution in [2.24, 2.45) is 0 Å². The molecule has 1 aromatic carbocycles. The third-order valence-corrected chi connectivity index (χ3v) is 5.53. The second kappa shape index (κ2) is 7.11. The van der Waals surface area contributed by atoms with Gasteiger partial charge in [0, 0.05) is 30.9 Å². The highest BCUT2D eigenvalue weighted by molar-refractivity contribution is 5.78. The number of aromatic hydroxyl groups is 1. The van der Waals surface area contributed by atoms with Gasteiger partial charge in [0.2, 0.25) is 11.2 Å². The van der Waals surface area contributed by atoms with Crippen molar-refractivity contribution >= 4 is 17.2 Å². The third-order valence-electron chi connectivity index (χ3n) is 5.53. The highest BCUT2D eigenvalue weighted by Gasteiger charge is 2.32. The Morgan fingerprint density at radius 2 is 1.97 bits per heavy atom. The second-order valence-electron chi connectivity index (χ2n) is 7.72. The van der Waals surface area contributed by atoms with E-state index in [9.17, 15) is 23.1 Å². The van der Waals surface area contributed by atoms with Crippen LogP contribution in [0.1, 0.15) is 22.3 Å². The van der Waals surface area contributed by atoms with Crippen molar-refractivity contribution in [3.8, 4) is 17.0 Å². The van der Waals surface area contributed by atoms with Gasteiger partial charge in [0.05, 0.1) is 11.3 Å². The van der Waals surface area contributed by atoms with Gasteiger partial charge in [0.15, 0.2) is 5.58 Å². The predicted octanol–water partition coefficient (Wildman–Crippen LogP) is 4.17. The summed E-state index contributed by atoms with van der Waals surface area (Å²) in [5, 5.41) is 10.3. The van der Waals surface area contributed by atoms with Crippen molar-refractivity contribution in [2.45, 2.75) is 26.1 Å². The van der Waals surface area contributed by atoms with Crippen molar-refractivity contribution in [2.75, 3.05) is 11.4 Å². The van der Waals surface area contributed by atoms with E-state index < -0.39 is 17.5 Å². The van der Waals surface area contributed by atoms with E-state index in [1.807, 2.05) is 4.90 Å². The average molecular weight is 442 g/mol. The van der Waals surface area contributed by atoms with Crippen LogP contribution in [0.3, 0.4) is 0 Å². The van der Waals surface area contributed by atoms with Gasteiger partial charge in [0.1, 0.15) is 5.75 Å². The lowest BCUT2D eigenvalue weighted by Gasteiger charge is -2.26. The quantitative estimate of drug-likeness (QED) is 0.484. The average Bonchev–Trinajstić information content (AvgIpc) is 3.15. The molecule has 0 bridgehead atoms. The molecule has 0 spiro atoms. The van der Waals surface area contributed by atoms with Crippen LogP contribution in [-0.4, -0.2) is 26.6 Å². The number of H-pyrrole nitrogens is 1. The van der Waals surface area contributed by atoms with Crippen LogP contribution in [0.4, 0.5) is 19.2 Å². The number of nitrogens with zero attached hydrogens (tertiary/aromatic N) is 3. The lowest BCUT2D eigenvalue weighted by Crippen LogP contribution is -2.31. The fourth-order valence-electron chi connectivity index (χ4n) is 3.97. The van der Waals surface area contributed by atoms with Crippen LogP contribution in [0.2, 0.25) is 0 Å². The first-order chi connectivity index (χ1) is 15.2. The summed E-state index contributed by atoms with van der Waals surface area (Å²) in [6.45, 7) is 2.60. The Bertz CT molecular complexity index is 1380. The molecule has 7 nitrogen and oxygen atoms in total. The first-order valence-electron chi connectivity index (χ1n) is 9.83. The molecule has 0 amide bonds. The molecule has 3 aromatic heterocycles. The number of fused-ring (bicyclic) bond motifs is 2. The number of phenolic OH excluding ortho intramolecular Hbond substituents is 1. The van der Waals surface area contributed by atoms with Crippen molar-refractivity contribution in [1.82, 2.24) is 15.0 Å². The third kappa shape index (κ3) is 3.47. The van der Waals surface area contributed by atoms with Gasteiger partial charge in [-0.05, 0) is 54.3 Å². The zero-order valence-electron chi connectivity index (χ0n) is 16.8. The number of aromatic amines is 1.